The van der Waals surface area contributed by atoms with E-state index < -0.39 is 9.84 Å². The molecule has 0 aromatic carbocycles. The minimum atomic E-state index is -2.84. The first-order valence-electron chi connectivity index (χ1n) is 5.96. The molecule has 1 saturated heterocycles. The molecule has 4 nitrogen and oxygen atoms in total. The monoisotopic (exact) mass is 249 g/mol. The summed E-state index contributed by atoms with van der Waals surface area (Å²) in [6, 6.07) is 0.393. The lowest BCUT2D eigenvalue weighted by Crippen LogP contribution is -2.33. The van der Waals surface area contributed by atoms with Crippen LogP contribution in [0, 0.1) is 5.92 Å². The predicted molar refractivity (Wildman–Crippen MR) is 65.3 cm³/mol. The Bertz CT molecular complexity index is 284. The Balaban J connectivity index is 2.12. The lowest BCUT2D eigenvalue weighted by Gasteiger charge is -2.25. The van der Waals surface area contributed by atoms with Gasteiger partial charge in [0, 0.05) is 32.1 Å². The molecule has 1 aliphatic heterocycles. The Morgan fingerprint density at radius 2 is 2.00 bits per heavy atom. The van der Waals surface area contributed by atoms with Gasteiger partial charge < -0.3 is 10.1 Å². The van der Waals surface area contributed by atoms with Crippen LogP contribution in [-0.4, -0.2) is 46.2 Å². The predicted octanol–water partition coefficient (Wildman–Crippen LogP) is 0.826. The van der Waals surface area contributed by atoms with Gasteiger partial charge in [-0.1, -0.05) is 0 Å². The first kappa shape index (κ1) is 13.9. The van der Waals surface area contributed by atoms with Crippen LogP contribution >= 0.6 is 0 Å². The van der Waals surface area contributed by atoms with Crippen LogP contribution < -0.4 is 5.32 Å². The molecule has 0 aromatic rings. The van der Waals surface area contributed by atoms with Crippen molar-refractivity contribution >= 4 is 9.84 Å². The maximum Gasteiger partial charge on any atom is 0.148 e. The van der Waals surface area contributed by atoms with Gasteiger partial charge in [0.1, 0.15) is 9.84 Å². The molecule has 0 radical (unpaired) electrons. The molecule has 16 heavy (non-hydrogen) atoms. The maximum atomic E-state index is 10.9. The standard InChI is InChI=1S/C11H23NO3S/c1-10(12-5-8-16(2,13)14)9-11-3-6-15-7-4-11/h10-12H,3-9H2,1-2H3. The number of rotatable bonds is 6. The van der Waals surface area contributed by atoms with Gasteiger partial charge in [-0.2, -0.15) is 0 Å². The van der Waals surface area contributed by atoms with E-state index in [2.05, 4.69) is 12.2 Å². The highest BCUT2D eigenvalue weighted by Gasteiger charge is 2.16. The van der Waals surface area contributed by atoms with Gasteiger partial charge in [0.15, 0.2) is 0 Å². The van der Waals surface area contributed by atoms with E-state index >= 15 is 0 Å². The molecule has 96 valence electrons. The summed E-state index contributed by atoms with van der Waals surface area (Å²) in [5, 5.41) is 3.27. The van der Waals surface area contributed by atoms with E-state index in [0.29, 0.717) is 12.6 Å². The van der Waals surface area contributed by atoms with Crippen LogP contribution in [0.1, 0.15) is 26.2 Å². The van der Waals surface area contributed by atoms with Crippen molar-refractivity contribution in [1.82, 2.24) is 5.32 Å². The van der Waals surface area contributed by atoms with E-state index in [4.69, 9.17) is 4.74 Å². The summed E-state index contributed by atoms with van der Waals surface area (Å²) in [6.07, 6.45) is 4.67. The molecule has 1 unspecified atom stereocenters. The van der Waals surface area contributed by atoms with Crippen molar-refractivity contribution in [1.29, 1.82) is 0 Å². The Morgan fingerprint density at radius 1 is 1.38 bits per heavy atom. The Hall–Kier alpha value is -0.130. The highest BCUT2D eigenvalue weighted by atomic mass is 32.2. The molecule has 1 fully saturated rings. The lowest BCUT2D eigenvalue weighted by molar-refractivity contribution is 0.0613. The van der Waals surface area contributed by atoms with Crippen LogP contribution in [0.5, 0.6) is 0 Å². The summed E-state index contributed by atoms with van der Waals surface area (Å²) in [7, 11) is -2.84. The van der Waals surface area contributed by atoms with Crippen LogP contribution in [-0.2, 0) is 14.6 Å². The quantitative estimate of drug-likeness (QED) is 0.757. The molecule has 0 bridgehead atoms. The Labute approximate surface area is 98.7 Å². The van der Waals surface area contributed by atoms with E-state index in [0.717, 1.165) is 38.4 Å². The van der Waals surface area contributed by atoms with Gasteiger partial charge in [-0.15, -0.1) is 0 Å². The van der Waals surface area contributed by atoms with Gasteiger partial charge in [-0.05, 0) is 32.1 Å². The van der Waals surface area contributed by atoms with Crippen molar-refractivity contribution < 1.29 is 13.2 Å². The number of ether oxygens (including phenoxy) is 1. The Morgan fingerprint density at radius 3 is 2.56 bits per heavy atom. The fraction of sp³-hybridized carbons (Fsp3) is 1.00. The van der Waals surface area contributed by atoms with E-state index in [1.54, 1.807) is 0 Å². The van der Waals surface area contributed by atoms with E-state index in [1.807, 2.05) is 0 Å². The molecule has 1 heterocycles. The molecule has 0 aromatic heterocycles. The molecular weight excluding hydrogens is 226 g/mol. The topological polar surface area (TPSA) is 55.4 Å². The molecular formula is C11H23NO3S. The van der Waals surface area contributed by atoms with Crippen molar-refractivity contribution in [3.05, 3.63) is 0 Å². The fourth-order valence-corrected chi connectivity index (χ4v) is 2.54. The molecule has 0 aliphatic carbocycles. The first-order valence-corrected chi connectivity index (χ1v) is 8.02. The third kappa shape index (κ3) is 6.45. The zero-order valence-corrected chi connectivity index (χ0v) is 11.1. The minimum Gasteiger partial charge on any atom is -0.381 e. The van der Waals surface area contributed by atoms with Crippen LogP contribution in [0.25, 0.3) is 0 Å². The second-order valence-corrected chi connectivity index (χ2v) is 7.04. The number of nitrogens with one attached hydrogen (secondary N) is 1. The maximum absolute atomic E-state index is 10.9. The van der Waals surface area contributed by atoms with Gasteiger partial charge in [-0.25, -0.2) is 8.42 Å². The molecule has 1 N–H and O–H groups in total. The van der Waals surface area contributed by atoms with E-state index in [1.165, 1.54) is 6.26 Å². The fourth-order valence-electron chi connectivity index (χ4n) is 2.06. The van der Waals surface area contributed by atoms with Crippen molar-refractivity contribution in [2.45, 2.75) is 32.2 Å². The second kappa shape index (κ2) is 6.57. The summed E-state index contributed by atoms with van der Waals surface area (Å²) < 4.78 is 27.2. The zero-order valence-electron chi connectivity index (χ0n) is 10.2. The van der Waals surface area contributed by atoms with Gasteiger partial charge in [0.25, 0.3) is 0 Å². The molecule has 1 aliphatic rings. The van der Waals surface area contributed by atoms with E-state index in [-0.39, 0.29) is 5.75 Å². The summed E-state index contributed by atoms with van der Waals surface area (Å²) in [5.74, 6) is 0.958. The van der Waals surface area contributed by atoms with Gasteiger partial charge in [0.2, 0.25) is 0 Å². The Kier molecular flexibility index (Phi) is 5.72. The van der Waals surface area contributed by atoms with Gasteiger partial charge in [-0.3, -0.25) is 0 Å². The highest BCUT2D eigenvalue weighted by Crippen LogP contribution is 2.19. The van der Waals surface area contributed by atoms with Crippen LogP contribution in [0.4, 0.5) is 0 Å². The van der Waals surface area contributed by atoms with Crippen molar-refractivity contribution in [2.24, 2.45) is 5.92 Å². The zero-order chi connectivity index (χ0) is 12.0. The molecule has 0 spiro atoms. The third-order valence-electron chi connectivity index (χ3n) is 2.99. The number of hydrogen-bond acceptors (Lipinski definition) is 4. The SMILES string of the molecule is CC(CC1CCOCC1)NCCS(C)(=O)=O. The van der Waals surface area contributed by atoms with Gasteiger partial charge >= 0.3 is 0 Å². The normalized spacial score (nSPS) is 20.9. The smallest absolute Gasteiger partial charge is 0.148 e. The van der Waals surface area contributed by atoms with Crippen LogP contribution in [0.2, 0.25) is 0 Å². The van der Waals surface area contributed by atoms with Crippen LogP contribution in [0.3, 0.4) is 0 Å². The largest absolute Gasteiger partial charge is 0.381 e. The number of hydrogen-bond donors (Lipinski definition) is 1. The van der Waals surface area contributed by atoms with Crippen molar-refractivity contribution in [3.8, 4) is 0 Å². The number of sulfone groups is 1. The molecule has 1 rings (SSSR count). The van der Waals surface area contributed by atoms with E-state index in [9.17, 15) is 8.42 Å². The molecule has 1 atom stereocenters. The average Bonchev–Trinajstić information content (AvgIpc) is 2.17. The first-order chi connectivity index (χ1) is 7.47. The molecule has 0 saturated carbocycles. The highest BCUT2D eigenvalue weighted by molar-refractivity contribution is 7.90. The molecule has 0 amide bonds. The molecule has 5 heteroatoms. The second-order valence-electron chi connectivity index (χ2n) is 4.78. The summed E-state index contributed by atoms with van der Waals surface area (Å²) >= 11 is 0. The van der Waals surface area contributed by atoms with Crippen molar-refractivity contribution in [3.63, 3.8) is 0 Å². The third-order valence-corrected chi connectivity index (χ3v) is 3.94. The summed E-state index contributed by atoms with van der Waals surface area (Å²) in [5.41, 5.74) is 0. The summed E-state index contributed by atoms with van der Waals surface area (Å²) in [6.45, 7) is 4.43. The minimum absolute atomic E-state index is 0.227. The summed E-state index contributed by atoms with van der Waals surface area (Å²) in [4.78, 5) is 0. The van der Waals surface area contributed by atoms with Crippen molar-refractivity contribution in [2.75, 3.05) is 31.8 Å². The lowest BCUT2D eigenvalue weighted by atomic mass is 9.93. The van der Waals surface area contributed by atoms with Gasteiger partial charge in [0.05, 0.1) is 5.75 Å². The van der Waals surface area contributed by atoms with Crippen LogP contribution in [0.15, 0.2) is 0 Å². The average molecular weight is 249 g/mol.